The van der Waals surface area contributed by atoms with Crippen LogP contribution in [0.25, 0.3) is 0 Å². The van der Waals surface area contributed by atoms with Crippen LogP contribution in [0.5, 0.6) is 5.75 Å². The van der Waals surface area contributed by atoms with Crippen molar-refractivity contribution in [3.8, 4) is 5.75 Å². The van der Waals surface area contributed by atoms with Gasteiger partial charge in [0.15, 0.2) is 0 Å². The van der Waals surface area contributed by atoms with Crippen LogP contribution < -0.4 is 14.8 Å². The van der Waals surface area contributed by atoms with Crippen molar-refractivity contribution in [2.45, 2.75) is 57.3 Å². The molecule has 1 fully saturated rings. The highest BCUT2D eigenvalue weighted by atomic mass is 32.2. The number of rotatable bonds is 11. The van der Waals surface area contributed by atoms with Crippen molar-refractivity contribution in [1.82, 2.24) is 4.72 Å². The van der Waals surface area contributed by atoms with Gasteiger partial charge in [0, 0.05) is 31.6 Å². The Morgan fingerprint density at radius 1 is 1.08 bits per heavy atom. The van der Waals surface area contributed by atoms with Crippen LogP contribution in [0.1, 0.15) is 46.0 Å². The normalized spacial score (nSPS) is 16.0. The van der Waals surface area contributed by atoms with E-state index in [0.29, 0.717) is 6.54 Å². The molecule has 6 nitrogen and oxygen atoms in total. The summed E-state index contributed by atoms with van der Waals surface area (Å²) in [6.07, 6.45) is 5.00. The van der Waals surface area contributed by atoms with E-state index in [-0.39, 0.29) is 11.4 Å². The Morgan fingerprint density at radius 3 is 2.38 bits per heavy atom. The number of hydrogen-bond donors (Lipinski definition) is 2. The second-order valence-corrected chi connectivity index (χ2v) is 9.25. The second kappa shape index (κ2) is 10.7. The second-order valence-electron chi connectivity index (χ2n) is 6.93. The van der Waals surface area contributed by atoms with Gasteiger partial charge >= 0.3 is 0 Å². The fourth-order valence-electron chi connectivity index (χ4n) is 2.68. The highest BCUT2D eigenvalue weighted by Crippen LogP contribution is 2.20. The van der Waals surface area contributed by atoms with Gasteiger partial charge < -0.3 is 14.8 Å². The molecule has 0 radical (unpaired) electrons. The zero-order chi connectivity index (χ0) is 18.8. The number of sulfonamides is 1. The predicted octanol–water partition coefficient (Wildman–Crippen LogP) is 3.15. The fourth-order valence-corrected chi connectivity index (χ4v) is 3.44. The van der Waals surface area contributed by atoms with Crippen molar-refractivity contribution in [3.63, 3.8) is 0 Å². The van der Waals surface area contributed by atoms with Crippen LogP contribution in [0.15, 0.2) is 24.3 Å². The van der Waals surface area contributed by atoms with Crippen LogP contribution in [0, 0.1) is 0 Å². The molecule has 1 aliphatic heterocycles. The minimum Gasteiger partial charge on any atom is -0.490 e. The lowest BCUT2D eigenvalue weighted by molar-refractivity contribution is 0.0256. The molecular weight excluding hydrogens is 352 g/mol. The van der Waals surface area contributed by atoms with Crippen molar-refractivity contribution in [1.29, 1.82) is 0 Å². The van der Waals surface area contributed by atoms with E-state index in [1.54, 1.807) is 13.8 Å². The minimum absolute atomic E-state index is 0.260. The van der Waals surface area contributed by atoms with Gasteiger partial charge in [-0.15, -0.1) is 0 Å². The van der Waals surface area contributed by atoms with E-state index in [1.807, 2.05) is 24.3 Å². The number of anilines is 1. The maximum Gasteiger partial charge on any atom is 0.213 e. The molecule has 0 atom stereocenters. The third-order valence-electron chi connectivity index (χ3n) is 4.43. The number of benzene rings is 1. The summed E-state index contributed by atoms with van der Waals surface area (Å²) in [5.41, 5.74) is 1.07. The van der Waals surface area contributed by atoms with Crippen LogP contribution in [0.4, 0.5) is 5.69 Å². The van der Waals surface area contributed by atoms with E-state index in [9.17, 15) is 8.42 Å². The highest BCUT2D eigenvalue weighted by molar-refractivity contribution is 7.90. The summed E-state index contributed by atoms with van der Waals surface area (Å²) in [4.78, 5) is 0. The third kappa shape index (κ3) is 7.51. The molecule has 7 heteroatoms. The van der Waals surface area contributed by atoms with Crippen LogP contribution in [-0.4, -0.2) is 46.1 Å². The zero-order valence-corrected chi connectivity index (χ0v) is 16.7. The Morgan fingerprint density at radius 2 is 1.73 bits per heavy atom. The van der Waals surface area contributed by atoms with E-state index in [1.165, 1.54) is 0 Å². The van der Waals surface area contributed by atoms with E-state index in [2.05, 4.69) is 10.0 Å². The van der Waals surface area contributed by atoms with Gasteiger partial charge in [-0.1, -0.05) is 6.42 Å². The molecule has 0 aromatic heterocycles. The Kier molecular flexibility index (Phi) is 8.68. The van der Waals surface area contributed by atoms with Crippen molar-refractivity contribution in [2.24, 2.45) is 0 Å². The fraction of sp³-hybridized carbons (Fsp3) is 0.684. The van der Waals surface area contributed by atoms with E-state index in [4.69, 9.17) is 9.47 Å². The topological polar surface area (TPSA) is 76.7 Å². The summed E-state index contributed by atoms with van der Waals surface area (Å²) in [5, 5.41) is 3.01. The molecule has 1 aromatic rings. The molecule has 0 spiro atoms. The standard InChI is InChI=1S/C19H32N2O4S/c1-16(2)26(22,23)21-13-5-3-4-12-20-17-6-8-18(9-7-17)25-19-10-14-24-15-11-19/h6-9,16,19-21H,3-5,10-15H2,1-2H3. The molecule has 0 amide bonds. The van der Waals surface area contributed by atoms with E-state index >= 15 is 0 Å². The van der Waals surface area contributed by atoms with Crippen molar-refractivity contribution in [3.05, 3.63) is 24.3 Å². The number of hydrogen-bond acceptors (Lipinski definition) is 5. The Bertz CT molecular complexity index is 611. The molecule has 1 aliphatic rings. The summed E-state index contributed by atoms with van der Waals surface area (Å²) < 4.78 is 37.2. The molecule has 148 valence electrons. The maximum atomic E-state index is 11.6. The molecule has 0 unspecified atom stereocenters. The van der Waals surface area contributed by atoms with Gasteiger partial charge in [-0.2, -0.15) is 0 Å². The van der Waals surface area contributed by atoms with Gasteiger partial charge in [0.05, 0.1) is 18.5 Å². The SMILES string of the molecule is CC(C)S(=O)(=O)NCCCCCNc1ccc(OC2CCOCC2)cc1. The number of nitrogens with one attached hydrogen (secondary N) is 2. The van der Waals surface area contributed by atoms with Crippen molar-refractivity contribution < 1.29 is 17.9 Å². The van der Waals surface area contributed by atoms with Gasteiger partial charge in [-0.05, 0) is 51.0 Å². The van der Waals surface area contributed by atoms with Gasteiger partial charge in [0.1, 0.15) is 11.9 Å². The first-order valence-corrected chi connectivity index (χ1v) is 11.1. The first-order valence-electron chi connectivity index (χ1n) is 9.54. The molecular formula is C19H32N2O4S. The summed E-state index contributed by atoms with van der Waals surface area (Å²) in [5.74, 6) is 0.903. The van der Waals surface area contributed by atoms with E-state index < -0.39 is 10.0 Å². The minimum atomic E-state index is -3.13. The Hall–Kier alpha value is -1.31. The largest absolute Gasteiger partial charge is 0.490 e. The van der Waals surface area contributed by atoms with Gasteiger partial charge in [0.25, 0.3) is 0 Å². The number of ether oxygens (including phenoxy) is 2. The van der Waals surface area contributed by atoms with Crippen LogP contribution in [0.2, 0.25) is 0 Å². The summed E-state index contributed by atoms with van der Waals surface area (Å²) in [6, 6.07) is 8.06. The molecule has 1 aromatic carbocycles. The lowest BCUT2D eigenvalue weighted by atomic mass is 10.1. The zero-order valence-electron chi connectivity index (χ0n) is 15.9. The number of unbranched alkanes of at least 4 members (excludes halogenated alkanes) is 2. The van der Waals surface area contributed by atoms with Crippen molar-refractivity contribution >= 4 is 15.7 Å². The lowest BCUT2D eigenvalue weighted by Crippen LogP contribution is -2.31. The third-order valence-corrected chi connectivity index (χ3v) is 6.28. The molecule has 0 aliphatic carbocycles. The van der Waals surface area contributed by atoms with E-state index in [0.717, 1.165) is 63.3 Å². The summed E-state index contributed by atoms with van der Waals surface area (Å²) >= 11 is 0. The van der Waals surface area contributed by atoms with Crippen LogP contribution in [0.3, 0.4) is 0 Å². The summed E-state index contributed by atoms with van der Waals surface area (Å²) in [6.45, 7) is 6.32. The van der Waals surface area contributed by atoms with Gasteiger partial charge in [-0.3, -0.25) is 0 Å². The smallest absolute Gasteiger partial charge is 0.213 e. The first-order chi connectivity index (χ1) is 12.5. The Balaban J connectivity index is 1.57. The Labute approximate surface area is 157 Å². The highest BCUT2D eigenvalue weighted by Gasteiger charge is 2.15. The molecule has 0 saturated carbocycles. The quantitative estimate of drug-likeness (QED) is 0.573. The molecule has 2 N–H and O–H groups in total. The van der Waals surface area contributed by atoms with Gasteiger partial charge in [-0.25, -0.2) is 13.1 Å². The monoisotopic (exact) mass is 384 g/mol. The predicted molar refractivity (Wildman–Crippen MR) is 105 cm³/mol. The van der Waals surface area contributed by atoms with Gasteiger partial charge in [0.2, 0.25) is 10.0 Å². The van der Waals surface area contributed by atoms with Crippen LogP contribution >= 0.6 is 0 Å². The first kappa shape index (κ1) is 21.0. The molecule has 26 heavy (non-hydrogen) atoms. The molecule has 0 bridgehead atoms. The lowest BCUT2D eigenvalue weighted by Gasteiger charge is -2.23. The summed E-state index contributed by atoms with van der Waals surface area (Å²) in [7, 11) is -3.13. The molecule has 1 saturated heterocycles. The average molecular weight is 385 g/mol. The van der Waals surface area contributed by atoms with Crippen LogP contribution in [-0.2, 0) is 14.8 Å². The molecule has 1 heterocycles. The maximum absolute atomic E-state index is 11.6. The van der Waals surface area contributed by atoms with Crippen molar-refractivity contribution in [2.75, 3.05) is 31.6 Å². The average Bonchev–Trinajstić information content (AvgIpc) is 2.63. The molecule has 2 rings (SSSR count).